The highest BCUT2D eigenvalue weighted by Gasteiger charge is 2.41. The third-order valence-electron chi connectivity index (χ3n) is 8.22. The van der Waals surface area contributed by atoms with Gasteiger partial charge in [0.1, 0.15) is 17.2 Å². The number of rotatable bonds is 14. The molecule has 2 unspecified atom stereocenters. The molecule has 2 aliphatic rings. The summed E-state index contributed by atoms with van der Waals surface area (Å²) in [5, 5.41) is 2.71. The Morgan fingerprint density at radius 1 is 0.962 bits per heavy atom. The van der Waals surface area contributed by atoms with Crippen LogP contribution < -0.4 is 11.1 Å². The molecule has 17 heteroatoms. The number of hydrogen-bond acceptors (Lipinski definition) is 11. The number of methoxy groups -OCH3 is 1. The van der Waals surface area contributed by atoms with Crippen molar-refractivity contribution >= 4 is 56.9 Å². The molecule has 2 amide bonds. The number of carbonyl (C=O) groups excluding carboxylic acids is 4. The molecule has 1 heterocycles. The normalized spacial score (nSPS) is 18.7. The minimum atomic E-state index is -4.16. The molecule has 1 aliphatic heterocycles. The van der Waals surface area contributed by atoms with Gasteiger partial charge in [0, 0.05) is 43.2 Å². The first-order valence-electron chi connectivity index (χ1n) is 16.9. The summed E-state index contributed by atoms with van der Waals surface area (Å²) in [5.41, 5.74) is 8.22. The fraction of sp³-hybridized carbons (Fsp3) is 0.486. The van der Waals surface area contributed by atoms with Gasteiger partial charge in [-0.1, -0.05) is 60.6 Å². The fourth-order valence-corrected chi connectivity index (χ4v) is 6.60. The van der Waals surface area contributed by atoms with Crippen molar-refractivity contribution in [1.29, 1.82) is 0 Å². The van der Waals surface area contributed by atoms with Crippen LogP contribution in [0.15, 0.2) is 64.6 Å². The summed E-state index contributed by atoms with van der Waals surface area (Å²) in [4.78, 5) is 60.7. The molecule has 0 bridgehead atoms. The molecule has 2 atom stereocenters. The zero-order valence-electron chi connectivity index (χ0n) is 29.6. The summed E-state index contributed by atoms with van der Waals surface area (Å²) in [5.74, 6) is -0.957. The molecule has 1 saturated heterocycles. The lowest BCUT2D eigenvalue weighted by Crippen LogP contribution is -2.42. The van der Waals surface area contributed by atoms with Crippen molar-refractivity contribution in [3.8, 4) is 0 Å². The van der Waals surface area contributed by atoms with E-state index in [9.17, 15) is 27.6 Å². The Bertz CT molecular complexity index is 1660. The Morgan fingerprint density at radius 2 is 1.60 bits per heavy atom. The van der Waals surface area contributed by atoms with E-state index in [2.05, 4.69) is 24.2 Å². The molecule has 52 heavy (non-hydrogen) atoms. The molecular weight excluding hydrogens is 715 g/mol. The molecule has 4 N–H and O–H groups in total. The molecule has 2 fully saturated rings. The lowest BCUT2D eigenvalue weighted by atomic mass is 9.98. The summed E-state index contributed by atoms with van der Waals surface area (Å²) in [6.07, 6.45) is 6.29. The molecule has 1 saturated carbocycles. The van der Waals surface area contributed by atoms with Crippen molar-refractivity contribution < 1.29 is 45.8 Å². The largest absolute Gasteiger partial charge is 0.469 e. The maximum atomic E-state index is 13.3. The van der Waals surface area contributed by atoms with Crippen molar-refractivity contribution in [2.45, 2.75) is 82.2 Å². The standard InChI is InChI=1S/C34H43N5O6S.CH4O4S/c1-23-30(33(43)37-21-19-28(40)44-2)46-34(39(23)22-24-10-5-3-6-11-24)38-32(42)26-17-15-25(16-18-26)31(35)36-20-9-14-29(41)45-27-12-7-4-8-13-27;1-5-6(2,3)4/h3,5-6,10-11,15-18,23,27,30H,4,7-9,12-14,19-22H2,1-2H3,(H2,35,36)(H,37,43);1H3,(H,2,3,4). The number of esters is 2. The topological polar surface area (TPSA) is 216 Å². The van der Waals surface area contributed by atoms with Gasteiger partial charge in [-0.15, -0.1) is 0 Å². The minimum Gasteiger partial charge on any atom is -0.469 e. The Labute approximate surface area is 308 Å². The first-order valence-corrected chi connectivity index (χ1v) is 19.1. The first kappa shape index (κ1) is 42.1. The van der Waals surface area contributed by atoms with E-state index in [4.69, 9.17) is 15.0 Å². The Hall–Kier alpha value is -4.32. The number of nitrogens with one attached hydrogen (secondary N) is 1. The van der Waals surface area contributed by atoms with Crippen molar-refractivity contribution in [1.82, 2.24) is 10.2 Å². The van der Waals surface area contributed by atoms with E-state index in [1.807, 2.05) is 42.2 Å². The van der Waals surface area contributed by atoms with E-state index in [1.165, 1.54) is 25.3 Å². The van der Waals surface area contributed by atoms with E-state index in [1.54, 1.807) is 24.3 Å². The van der Waals surface area contributed by atoms with E-state index in [-0.39, 0.29) is 37.0 Å². The van der Waals surface area contributed by atoms with Gasteiger partial charge >= 0.3 is 22.3 Å². The molecule has 2 aromatic carbocycles. The van der Waals surface area contributed by atoms with Crippen LogP contribution in [-0.2, 0) is 45.0 Å². The van der Waals surface area contributed by atoms with Crippen LogP contribution >= 0.6 is 11.8 Å². The Kier molecular flexibility index (Phi) is 17.2. The van der Waals surface area contributed by atoms with Gasteiger partial charge in [-0.05, 0) is 56.7 Å². The Morgan fingerprint density at radius 3 is 2.21 bits per heavy atom. The second kappa shape index (κ2) is 21.3. The molecule has 15 nitrogen and oxygen atoms in total. The number of nitrogens with two attached hydrogens (primary N) is 1. The Balaban J connectivity index is 0.00000112. The second-order valence-corrected chi connectivity index (χ2v) is 14.3. The fourth-order valence-electron chi connectivity index (χ4n) is 5.34. The van der Waals surface area contributed by atoms with Gasteiger partial charge in [0.25, 0.3) is 5.91 Å². The third-order valence-corrected chi connectivity index (χ3v) is 10.0. The zero-order valence-corrected chi connectivity index (χ0v) is 31.2. The summed E-state index contributed by atoms with van der Waals surface area (Å²) in [7, 11) is -1.99. The zero-order chi connectivity index (χ0) is 38.1. The highest BCUT2D eigenvalue weighted by Crippen LogP contribution is 2.33. The second-order valence-electron chi connectivity index (χ2n) is 12.0. The van der Waals surface area contributed by atoms with Crippen LogP contribution in [0.1, 0.15) is 79.8 Å². The summed E-state index contributed by atoms with van der Waals surface area (Å²) < 4.78 is 39.9. The molecule has 2 aromatic rings. The van der Waals surface area contributed by atoms with E-state index in [0.29, 0.717) is 48.1 Å². The average Bonchev–Trinajstić information content (AvgIpc) is 3.44. The molecule has 1 aliphatic carbocycles. The minimum absolute atomic E-state index is 0.0500. The summed E-state index contributed by atoms with van der Waals surface area (Å²) >= 11 is 1.23. The van der Waals surface area contributed by atoms with Crippen LogP contribution in [0.3, 0.4) is 0 Å². The van der Waals surface area contributed by atoms with Crippen LogP contribution in [0.25, 0.3) is 0 Å². The molecule has 0 radical (unpaired) electrons. The predicted octanol–water partition coefficient (Wildman–Crippen LogP) is 3.67. The predicted molar refractivity (Wildman–Crippen MR) is 197 cm³/mol. The highest BCUT2D eigenvalue weighted by atomic mass is 32.3. The number of hydrogen-bond donors (Lipinski definition) is 3. The number of ether oxygens (including phenoxy) is 2. The summed E-state index contributed by atoms with van der Waals surface area (Å²) in [6, 6.07) is 16.2. The smallest absolute Gasteiger partial charge is 0.397 e. The molecule has 284 valence electrons. The lowest BCUT2D eigenvalue weighted by molar-refractivity contribution is -0.150. The first-order chi connectivity index (χ1) is 24.8. The maximum Gasteiger partial charge on any atom is 0.397 e. The van der Waals surface area contributed by atoms with E-state index < -0.39 is 27.5 Å². The molecule has 0 spiro atoms. The number of thioether (sulfide) groups is 1. The van der Waals surface area contributed by atoms with E-state index in [0.717, 1.165) is 38.4 Å². The van der Waals surface area contributed by atoms with Gasteiger partial charge in [0.15, 0.2) is 5.17 Å². The lowest BCUT2D eigenvalue weighted by Gasteiger charge is -2.25. The average molecular weight is 762 g/mol. The quantitative estimate of drug-likeness (QED) is 0.0825. The van der Waals surface area contributed by atoms with Crippen LogP contribution in [0.2, 0.25) is 0 Å². The number of carbonyl (C=O) groups is 4. The van der Waals surface area contributed by atoms with Gasteiger partial charge < -0.3 is 25.4 Å². The maximum absolute atomic E-state index is 13.3. The van der Waals surface area contributed by atoms with Gasteiger partial charge in [-0.3, -0.25) is 32.9 Å². The van der Waals surface area contributed by atoms with Gasteiger partial charge in [-0.2, -0.15) is 13.4 Å². The highest BCUT2D eigenvalue weighted by molar-refractivity contribution is 8.15. The number of benzene rings is 2. The molecule has 4 rings (SSSR count). The van der Waals surface area contributed by atoms with Gasteiger partial charge in [0.05, 0.1) is 20.6 Å². The monoisotopic (exact) mass is 761 g/mol. The van der Waals surface area contributed by atoms with Crippen molar-refractivity contribution in [2.75, 3.05) is 27.3 Å². The van der Waals surface area contributed by atoms with Crippen LogP contribution in [0.5, 0.6) is 0 Å². The van der Waals surface area contributed by atoms with Crippen molar-refractivity contribution in [3.63, 3.8) is 0 Å². The third kappa shape index (κ3) is 14.4. The number of amides is 2. The SMILES string of the molecule is COC(=O)CCNC(=O)C1SC(=NC(=O)c2ccc(C(N)=NCCCC(=O)OC3CCCCC3)cc2)N(Cc2ccccc2)C1C.COS(=O)(=O)O. The number of amidine groups is 2. The van der Waals surface area contributed by atoms with Gasteiger partial charge in [-0.25, -0.2) is 0 Å². The van der Waals surface area contributed by atoms with Crippen molar-refractivity contribution in [3.05, 3.63) is 71.3 Å². The molecular formula is C35H47N5O10S2. The van der Waals surface area contributed by atoms with Crippen molar-refractivity contribution in [2.24, 2.45) is 15.7 Å². The van der Waals surface area contributed by atoms with Crippen LogP contribution in [-0.4, -0.2) is 97.3 Å². The summed E-state index contributed by atoms with van der Waals surface area (Å²) in [6.45, 7) is 2.94. The number of nitrogens with zero attached hydrogens (tertiary/aromatic N) is 3. The van der Waals surface area contributed by atoms with E-state index >= 15 is 0 Å². The number of aliphatic imine (C=N–C) groups is 2. The van der Waals surface area contributed by atoms with Crippen LogP contribution in [0.4, 0.5) is 0 Å². The van der Waals surface area contributed by atoms with Crippen LogP contribution in [0, 0.1) is 0 Å². The molecule has 0 aromatic heterocycles. The van der Waals surface area contributed by atoms with Gasteiger partial charge in [0.2, 0.25) is 5.91 Å².